The molecule has 0 spiro atoms. The molecule has 0 radical (unpaired) electrons. The van der Waals surface area contributed by atoms with Gasteiger partial charge in [-0.3, -0.25) is 4.79 Å². The Bertz CT molecular complexity index is 606. The molecule has 1 saturated carbocycles. The average Bonchev–Trinajstić information content (AvgIpc) is 3.15. The number of ether oxygens (including phenoxy) is 1. The summed E-state index contributed by atoms with van der Waals surface area (Å²) in [6, 6.07) is 20.2. The molecule has 2 heteroatoms. The van der Waals surface area contributed by atoms with Crippen molar-refractivity contribution < 1.29 is 9.53 Å². The van der Waals surface area contributed by atoms with E-state index in [0.717, 1.165) is 5.56 Å². The smallest absolute Gasteiger partial charge is 0.317 e. The Balaban J connectivity index is 2.09. The van der Waals surface area contributed by atoms with Gasteiger partial charge in [-0.25, -0.2) is 0 Å². The van der Waals surface area contributed by atoms with Crippen LogP contribution < -0.4 is 0 Å². The summed E-state index contributed by atoms with van der Waals surface area (Å²) in [7, 11) is 1.47. The maximum Gasteiger partial charge on any atom is 0.317 e. The first-order chi connectivity index (χ1) is 9.72. The minimum atomic E-state index is -0.530. The summed E-state index contributed by atoms with van der Waals surface area (Å²) < 4.78 is 5.12. The highest BCUT2D eigenvalue weighted by atomic mass is 16.5. The van der Waals surface area contributed by atoms with Crippen LogP contribution >= 0.6 is 0 Å². The molecule has 3 rings (SSSR count). The summed E-state index contributed by atoms with van der Waals surface area (Å²) in [6.45, 7) is 2.13. The van der Waals surface area contributed by atoms with E-state index in [-0.39, 0.29) is 17.8 Å². The summed E-state index contributed by atoms with van der Waals surface area (Å²) in [4.78, 5) is 12.5. The summed E-state index contributed by atoms with van der Waals surface area (Å²) >= 11 is 0. The number of carbonyl (C=O) groups excluding carboxylic acids is 1. The van der Waals surface area contributed by atoms with E-state index in [1.807, 2.05) is 48.5 Å². The van der Waals surface area contributed by atoms with E-state index >= 15 is 0 Å². The molecule has 2 nitrogen and oxygen atoms in total. The molecular formula is C18H18O2. The first-order valence-electron chi connectivity index (χ1n) is 6.91. The molecule has 0 aromatic heterocycles. The molecular weight excluding hydrogens is 248 g/mol. The van der Waals surface area contributed by atoms with Gasteiger partial charge in [0.05, 0.1) is 7.11 Å². The zero-order valence-electron chi connectivity index (χ0n) is 11.7. The van der Waals surface area contributed by atoms with Crippen LogP contribution in [0.1, 0.15) is 24.0 Å². The van der Waals surface area contributed by atoms with E-state index < -0.39 is 5.41 Å². The standard InChI is InChI=1S/C18H18O2/c1-13-16(14-9-5-3-6-10-14)18(13,17(19)20-2)15-11-7-4-8-12-15/h3-13,16H,1-2H3/t13-,16+,18+/m0/s1. The lowest BCUT2D eigenvalue weighted by molar-refractivity contribution is -0.144. The van der Waals surface area contributed by atoms with E-state index in [9.17, 15) is 4.79 Å². The van der Waals surface area contributed by atoms with Crippen LogP contribution in [-0.4, -0.2) is 13.1 Å². The van der Waals surface area contributed by atoms with Crippen LogP contribution in [0.3, 0.4) is 0 Å². The Morgan fingerprint density at radius 2 is 1.55 bits per heavy atom. The highest BCUT2D eigenvalue weighted by Gasteiger charge is 2.69. The molecule has 0 aliphatic heterocycles. The predicted molar refractivity (Wildman–Crippen MR) is 78.5 cm³/mol. The normalized spacial score (nSPS) is 27.9. The minimum absolute atomic E-state index is 0.134. The van der Waals surface area contributed by atoms with Gasteiger partial charge in [-0.2, -0.15) is 0 Å². The molecule has 1 aliphatic carbocycles. The quantitative estimate of drug-likeness (QED) is 0.794. The zero-order valence-corrected chi connectivity index (χ0v) is 11.7. The monoisotopic (exact) mass is 266 g/mol. The fourth-order valence-corrected chi connectivity index (χ4v) is 3.53. The Kier molecular flexibility index (Phi) is 3.09. The van der Waals surface area contributed by atoms with Gasteiger partial charge in [-0.1, -0.05) is 67.6 Å². The number of esters is 1. The van der Waals surface area contributed by atoms with Crippen molar-refractivity contribution in [1.82, 2.24) is 0 Å². The third-order valence-corrected chi connectivity index (χ3v) is 4.53. The maximum absolute atomic E-state index is 12.5. The molecule has 2 aromatic rings. The average molecular weight is 266 g/mol. The molecule has 0 saturated heterocycles. The van der Waals surface area contributed by atoms with Gasteiger partial charge in [0.25, 0.3) is 0 Å². The Labute approximate surface area is 119 Å². The molecule has 0 heterocycles. The number of methoxy groups -OCH3 is 1. The second-order valence-corrected chi connectivity index (χ2v) is 5.40. The van der Waals surface area contributed by atoms with Crippen LogP contribution in [0.25, 0.3) is 0 Å². The van der Waals surface area contributed by atoms with Crippen molar-refractivity contribution >= 4 is 5.97 Å². The predicted octanol–water partition coefficient (Wildman–Crippen LogP) is 3.53. The van der Waals surface area contributed by atoms with E-state index in [2.05, 4.69) is 19.1 Å². The molecule has 3 atom stereocenters. The fraction of sp³-hybridized carbons (Fsp3) is 0.278. The number of hydrogen-bond acceptors (Lipinski definition) is 2. The van der Waals surface area contributed by atoms with E-state index in [1.54, 1.807) is 0 Å². The first-order valence-corrected chi connectivity index (χ1v) is 6.91. The SMILES string of the molecule is COC(=O)[C@@]1(c2ccccc2)[C@@H](C)[C@@H]1c1ccccc1. The van der Waals surface area contributed by atoms with Crippen LogP contribution in [0.5, 0.6) is 0 Å². The van der Waals surface area contributed by atoms with Crippen LogP contribution in [0.4, 0.5) is 0 Å². The Morgan fingerprint density at radius 3 is 2.10 bits per heavy atom. The summed E-state index contributed by atoms with van der Waals surface area (Å²) in [6.07, 6.45) is 0. The van der Waals surface area contributed by atoms with E-state index in [4.69, 9.17) is 4.74 Å². The van der Waals surface area contributed by atoms with E-state index in [0.29, 0.717) is 0 Å². The van der Waals surface area contributed by atoms with Crippen LogP contribution in [0.2, 0.25) is 0 Å². The third kappa shape index (κ3) is 1.68. The van der Waals surface area contributed by atoms with Crippen molar-refractivity contribution in [3.63, 3.8) is 0 Å². The topological polar surface area (TPSA) is 26.3 Å². The second kappa shape index (κ2) is 4.78. The fourth-order valence-electron chi connectivity index (χ4n) is 3.53. The first kappa shape index (κ1) is 12.9. The van der Waals surface area contributed by atoms with Gasteiger partial charge in [0.15, 0.2) is 0 Å². The molecule has 20 heavy (non-hydrogen) atoms. The molecule has 0 amide bonds. The molecule has 2 aromatic carbocycles. The van der Waals surface area contributed by atoms with Gasteiger partial charge in [0, 0.05) is 5.92 Å². The van der Waals surface area contributed by atoms with Crippen molar-refractivity contribution in [3.8, 4) is 0 Å². The molecule has 0 bridgehead atoms. The van der Waals surface area contributed by atoms with Gasteiger partial charge >= 0.3 is 5.97 Å². The lowest BCUT2D eigenvalue weighted by Gasteiger charge is -2.16. The van der Waals surface area contributed by atoms with Crippen molar-refractivity contribution in [2.24, 2.45) is 5.92 Å². The number of carbonyl (C=O) groups is 1. The van der Waals surface area contributed by atoms with Crippen LogP contribution in [0.15, 0.2) is 60.7 Å². The Morgan fingerprint density at radius 1 is 1.00 bits per heavy atom. The lowest BCUT2D eigenvalue weighted by atomic mass is 9.90. The van der Waals surface area contributed by atoms with Gasteiger partial charge in [-0.15, -0.1) is 0 Å². The molecule has 0 unspecified atom stereocenters. The van der Waals surface area contributed by atoms with Crippen molar-refractivity contribution in [2.45, 2.75) is 18.3 Å². The molecule has 102 valence electrons. The summed E-state index contributed by atoms with van der Waals surface area (Å²) in [5.74, 6) is 0.309. The second-order valence-electron chi connectivity index (χ2n) is 5.40. The van der Waals surface area contributed by atoms with Crippen LogP contribution in [0, 0.1) is 5.92 Å². The zero-order chi connectivity index (χ0) is 14.2. The van der Waals surface area contributed by atoms with Crippen molar-refractivity contribution in [1.29, 1.82) is 0 Å². The lowest BCUT2D eigenvalue weighted by Crippen LogP contribution is -2.25. The number of hydrogen-bond donors (Lipinski definition) is 0. The van der Waals surface area contributed by atoms with Gasteiger partial charge in [0.1, 0.15) is 5.41 Å². The molecule has 1 aliphatic rings. The maximum atomic E-state index is 12.5. The minimum Gasteiger partial charge on any atom is -0.468 e. The third-order valence-electron chi connectivity index (χ3n) is 4.53. The highest BCUT2D eigenvalue weighted by molar-refractivity contribution is 5.90. The highest BCUT2D eigenvalue weighted by Crippen LogP contribution is 2.65. The largest absolute Gasteiger partial charge is 0.468 e. The van der Waals surface area contributed by atoms with Crippen molar-refractivity contribution in [2.75, 3.05) is 7.11 Å². The molecule has 0 N–H and O–H groups in total. The van der Waals surface area contributed by atoms with Crippen LogP contribution in [-0.2, 0) is 14.9 Å². The van der Waals surface area contributed by atoms with Gasteiger partial charge < -0.3 is 4.74 Å². The van der Waals surface area contributed by atoms with Crippen molar-refractivity contribution in [3.05, 3.63) is 71.8 Å². The summed E-state index contributed by atoms with van der Waals surface area (Å²) in [5, 5.41) is 0. The Hall–Kier alpha value is -2.09. The molecule has 1 fully saturated rings. The van der Waals surface area contributed by atoms with Gasteiger partial charge in [0.2, 0.25) is 0 Å². The summed E-state index contributed by atoms with van der Waals surface area (Å²) in [5.41, 5.74) is 1.72. The number of benzene rings is 2. The van der Waals surface area contributed by atoms with Gasteiger partial charge in [-0.05, 0) is 17.0 Å². The number of rotatable bonds is 3. The van der Waals surface area contributed by atoms with E-state index in [1.165, 1.54) is 12.7 Å².